The van der Waals surface area contributed by atoms with Crippen molar-refractivity contribution in [3.8, 4) is 0 Å². The Bertz CT molecular complexity index is 379. The molecule has 1 heterocycles. The van der Waals surface area contributed by atoms with Crippen LogP contribution in [0.15, 0.2) is 10.7 Å². The highest BCUT2D eigenvalue weighted by molar-refractivity contribution is 9.10. The van der Waals surface area contributed by atoms with Crippen molar-refractivity contribution >= 4 is 27.7 Å². The molecule has 94 valence electrons. The van der Waals surface area contributed by atoms with Crippen LogP contribution < -0.4 is 10.2 Å². The molecule has 1 aromatic rings. The number of halogens is 1. The minimum Gasteiger partial charge on any atom is -0.356 e. The lowest BCUT2D eigenvalue weighted by Crippen LogP contribution is -2.27. The molecular weight excluding hydrogens is 280 g/mol. The van der Waals surface area contributed by atoms with Crippen LogP contribution in [0.4, 0.5) is 11.8 Å². The number of hydrogen-bond donors (Lipinski definition) is 1. The molecule has 0 saturated heterocycles. The topological polar surface area (TPSA) is 41.1 Å². The van der Waals surface area contributed by atoms with E-state index in [1.807, 2.05) is 13.1 Å². The molecule has 0 aliphatic heterocycles. The third-order valence-corrected chi connectivity index (χ3v) is 3.48. The number of aromatic nitrogens is 2. The summed E-state index contributed by atoms with van der Waals surface area (Å²) in [5.41, 5.74) is 0. The quantitative estimate of drug-likeness (QED) is 0.877. The van der Waals surface area contributed by atoms with Gasteiger partial charge in [-0.15, -0.1) is 0 Å². The molecule has 0 atom stereocenters. The highest BCUT2D eigenvalue weighted by atomic mass is 79.9. The number of hydrogen-bond acceptors (Lipinski definition) is 4. The summed E-state index contributed by atoms with van der Waals surface area (Å²) in [6.45, 7) is 7.15. The Labute approximate surface area is 111 Å². The normalized spacial score (nSPS) is 14.8. The number of anilines is 2. The lowest BCUT2D eigenvalue weighted by atomic mass is 10.3. The molecule has 1 saturated carbocycles. The van der Waals surface area contributed by atoms with Gasteiger partial charge in [0, 0.05) is 25.8 Å². The van der Waals surface area contributed by atoms with Gasteiger partial charge in [0.2, 0.25) is 5.95 Å². The maximum Gasteiger partial charge on any atom is 0.224 e. The molecule has 1 aliphatic rings. The van der Waals surface area contributed by atoms with E-state index in [4.69, 9.17) is 0 Å². The minimum atomic E-state index is 0.708. The molecule has 1 aliphatic carbocycles. The fourth-order valence-electron chi connectivity index (χ4n) is 1.80. The van der Waals surface area contributed by atoms with E-state index < -0.39 is 0 Å². The van der Waals surface area contributed by atoms with Crippen LogP contribution >= 0.6 is 15.9 Å². The van der Waals surface area contributed by atoms with Gasteiger partial charge in [0.25, 0.3) is 0 Å². The summed E-state index contributed by atoms with van der Waals surface area (Å²) in [5.74, 6) is 2.57. The van der Waals surface area contributed by atoms with Gasteiger partial charge >= 0.3 is 0 Å². The summed E-state index contributed by atoms with van der Waals surface area (Å²) in [6, 6.07) is 0. The Hall–Kier alpha value is -0.840. The van der Waals surface area contributed by atoms with Gasteiger partial charge < -0.3 is 10.2 Å². The van der Waals surface area contributed by atoms with Crippen LogP contribution in [0.25, 0.3) is 0 Å². The predicted molar refractivity (Wildman–Crippen MR) is 74.5 cm³/mol. The Balaban J connectivity index is 2.17. The zero-order valence-electron chi connectivity index (χ0n) is 10.4. The standard InChI is InChI=1S/C12H19BrN4/c1-3-14-12-15-7-10(13)11(16-12)17(4-2)8-9-5-6-9/h7,9H,3-6,8H2,1-2H3,(H,14,15,16). The molecule has 1 aromatic heterocycles. The second-order valence-corrected chi connectivity index (χ2v) is 5.23. The molecule has 0 amide bonds. The fraction of sp³-hybridized carbons (Fsp3) is 0.667. The van der Waals surface area contributed by atoms with E-state index in [-0.39, 0.29) is 0 Å². The van der Waals surface area contributed by atoms with Gasteiger partial charge in [0.05, 0.1) is 4.47 Å². The van der Waals surface area contributed by atoms with Crippen LogP contribution in [0, 0.1) is 5.92 Å². The SMILES string of the molecule is CCNc1ncc(Br)c(N(CC)CC2CC2)n1. The molecule has 1 fully saturated rings. The van der Waals surface area contributed by atoms with Gasteiger partial charge in [0.1, 0.15) is 5.82 Å². The molecule has 0 aromatic carbocycles. The zero-order chi connectivity index (χ0) is 12.3. The van der Waals surface area contributed by atoms with E-state index in [2.05, 4.69) is 43.0 Å². The van der Waals surface area contributed by atoms with Crippen molar-refractivity contribution in [2.75, 3.05) is 29.9 Å². The van der Waals surface area contributed by atoms with Crippen molar-refractivity contribution in [2.24, 2.45) is 5.92 Å². The highest BCUT2D eigenvalue weighted by Gasteiger charge is 2.25. The van der Waals surface area contributed by atoms with Crippen molar-refractivity contribution in [1.82, 2.24) is 9.97 Å². The van der Waals surface area contributed by atoms with Crippen molar-refractivity contribution in [2.45, 2.75) is 26.7 Å². The van der Waals surface area contributed by atoms with E-state index in [1.165, 1.54) is 12.8 Å². The second-order valence-electron chi connectivity index (χ2n) is 4.38. The lowest BCUT2D eigenvalue weighted by molar-refractivity contribution is 0.729. The molecule has 17 heavy (non-hydrogen) atoms. The van der Waals surface area contributed by atoms with Crippen LogP contribution in [-0.2, 0) is 0 Å². The third-order valence-electron chi connectivity index (χ3n) is 2.92. The van der Waals surface area contributed by atoms with E-state index in [9.17, 15) is 0 Å². The van der Waals surface area contributed by atoms with Crippen LogP contribution in [0.3, 0.4) is 0 Å². The Morgan fingerprint density at radius 1 is 1.47 bits per heavy atom. The van der Waals surface area contributed by atoms with Crippen LogP contribution in [0.5, 0.6) is 0 Å². The molecule has 1 N–H and O–H groups in total. The van der Waals surface area contributed by atoms with E-state index in [0.29, 0.717) is 5.95 Å². The first-order valence-corrected chi connectivity index (χ1v) is 7.05. The van der Waals surface area contributed by atoms with E-state index in [0.717, 1.165) is 35.8 Å². The van der Waals surface area contributed by atoms with Crippen LogP contribution in [-0.4, -0.2) is 29.6 Å². The van der Waals surface area contributed by atoms with Crippen molar-refractivity contribution in [3.63, 3.8) is 0 Å². The number of rotatable bonds is 6. The number of nitrogens with one attached hydrogen (secondary N) is 1. The van der Waals surface area contributed by atoms with Gasteiger partial charge in [-0.3, -0.25) is 0 Å². The smallest absolute Gasteiger partial charge is 0.224 e. The average Bonchev–Trinajstić information content (AvgIpc) is 3.13. The van der Waals surface area contributed by atoms with Crippen LogP contribution in [0.1, 0.15) is 26.7 Å². The Kier molecular flexibility index (Phi) is 4.20. The first-order chi connectivity index (χ1) is 8.24. The molecule has 0 radical (unpaired) electrons. The fourth-order valence-corrected chi connectivity index (χ4v) is 2.24. The third kappa shape index (κ3) is 3.31. The lowest BCUT2D eigenvalue weighted by Gasteiger charge is -2.23. The summed E-state index contributed by atoms with van der Waals surface area (Å²) >= 11 is 3.54. The van der Waals surface area contributed by atoms with Crippen LogP contribution in [0.2, 0.25) is 0 Å². The summed E-state index contributed by atoms with van der Waals surface area (Å²) in [5, 5.41) is 3.15. The first-order valence-electron chi connectivity index (χ1n) is 6.26. The second kappa shape index (κ2) is 5.67. The first kappa shape index (κ1) is 12.6. The number of nitrogens with zero attached hydrogens (tertiary/aromatic N) is 3. The molecule has 0 spiro atoms. The average molecular weight is 299 g/mol. The summed E-state index contributed by atoms with van der Waals surface area (Å²) in [6.07, 6.45) is 4.55. The summed E-state index contributed by atoms with van der Waals surface area (Å²) in [7, 11) is 0. The van der Waals surface area contributed by atoms with Crippen molar-refractivity contribution < 1.29 is 0 Å². The van der Waals surface area contributed by atoms with Crippen molar-refractivity contribution in [3.05, 3.63) is 10.7 Å². The molecule has 4 nitrogen and oxygen atoms in total. The largest absolute Gasteiger partial charge is 0.356 e. The summed E-state index contributed by atoms with van der Waals surface area (Å²) < 4.78 is 0.974. The minimum absolute atomic E-state index is 0.708. The van der Waals surface area contributed by atoms with Crippen molar-refractivity contribution in [1.29, 1.82) is 0 Å². The molecule has 0 unspecified atom stereocenters. The zero-order valence-corrected chi connectivity index (χ0v) is 12.0. The predicted octanol–water partition coefficient (Wildman–Crippen LogP) is 2.91. The maximum absolute atomic E-state index is 4.57. The molecule has 2 rings (SSSR count). The molecular formula is C12H19BrN4. The molecule has 5 heteroatoms. The summed E-state index contributed by atoms with van der Waals surface area (Å²) in [4.78, 5) is 11.1. The Morgan fingerprint density at radius 3 is 2.82 bits per heavy atom. The maximum atomic E-state index is 4.57. The van der Waals surface area contributed by atoms with E-state index in [1.54, 1.807) is 0 Å². The monoisotopic (exact) mass is 298 g/mol. The highest BCUT2D eigenvalue weighted by Crippen LogP contribution is 2.33. The van der Waals surface area contributed by atoms with Gasteiger partial charge in [-0.2, -0.15) is 4.98 Å². The van der Waals surface area contributed by atoms with E-state index >= 15 is 0 Å². The van der Waals surface area contributed by atoms with Gasteiger partial charge in [-0.1, -0.05) is 0 Å². The van der Waals surface area contributed by atoms with Gasteiger partial charge in [0.15, 0.2) is 0 Å². The van der Waals surface area contributed by atoms with Gasteiger partial charge in [-0.05, 0) is 48.5 Å². The van der Waals surface area contributed by atoms with Gasteiger partial charge in [-0.25, -0.2) is 4.98 Å². The molecule has 0 bridgehead atoms. The Morgan fingerprint density at radius 2 is 2.24 bits per heavy atom.